The lowest BCUT2D eigenvalue weighted by atomic mass is 10.1. The van der Waals surface area contributed by atoms with Crippen LogP contribution in [0.15, 0.2) is 24.3 Å². The molecule has 0 aliphatic rings. The number of thiazole rings is 1. The van der Waals surface area contributed by atoms with E-state index in [4.69, 9.17) is 4.74 Å². The zero-order valence-electron chi connectivity index (χ0n) is 13.3. The summed E-state index contributed by atoms with van der Waals surface area (Å²) in [4.78, 5) is 27.5. The van der Waals surface area contributed by atoms with Gasteiger partial charge in [-0.1, -0.05) is 12.1 Å². The van der Waals surface area contributed by atoms with Crippen molar-refractivity contribution in [3.05, 3.63) is 29.3 Å². The molecule has 0 aliphatic heterocycles. The number of alkyl carbamates (subject to hydrolysis) is 1. The molecule has 6 nitrogen and oxygen atoms in total. The molecule has 0 bridgehead atoms. The molecule has 2 aromatic rings. The molecule has 1 atom stereocenters. The number of carbonyl (C=O) groups is 2. The number of carboxylic acid groups (broad SMARTS) is 1. The van der Waals surface area contributed by atoms with E-state index < -0.39 is 23.7 Å². The number of nitrogens with one attached hydrogen (secondary N) is 1. The number of aliphatic carboxylic acids is 1. The molecule has 0 radical (unpaired) electrons. The highest BCUT2D eigenvalue weighted by atomic mass is 32.1. The normalized spacial score (nSPS) is 12.8. The predicted molar refractivity (Wildman–Crippen MR) is 88.7 cm³/mol. The zero-order chi connectivity index (χ0) is 17.0. The number of aromatic nitrogens is 1. The molecule has 124 valence electrons. The Bertz CT molecular complexity index is 672. The third kappa shape index (κ3) is 5.21. The number of carbonyl (C=O) groups excluding carboxylic acids is 1. The molecule has 0 spiro atoms. The Morgan fingerprint density at radius 3 is 2.65 bits per heavy atom. The fraction of sp³-hybridized carbons (Fsp3) is 0.438. The van der Waals surface area contributed by atoms with Gasteiger partial charge >= 0.3 is 12.1 Å². The molecule has 0 aliphatic carbocycles. The summed E-state index contributed by atoms with van der Waals surface area (Å²) in [5.41, 5.74) is 0.236. The van der Waals surface area contributed by atoms with Crippen molar-refractivity contribution in [2.24, 2.45) is 0 Å². The van der Waals surface area contributed by atoms with Gasteiger partial charge in [0, 0.05) is 6.42 Å². The molecule has 23 heavy (non-hydrogen) atoms. The van der Waals surface area contributed by atoms with Crippen molar-refractivity contribution in [3.63, 3.8) is 0 Å². The van der Waals surface area contributed by atoms with Crippen LogP contribution in [0.3, 0.4) is 0 Å². The number of amides is 1. The average Bonchev–Trinajstić information content (AvgIpc) is 2.83. The molecule has 2 rings (SSSR count). The standard InChI is InChI=1S/C16H20N2O4S/c1-16(2,3)22-15(21)18-11(14(19)20)8-9-13-17-10-6-4-5-7-12(10)23-13/h4-7,11H,8-9H2,1-3H3,(H,18,21)(H,19,20)/t11-/m0/s1. The molecular weight excluding hydrogens is 316 g/mol. The second kappa shape index (κ2) is 6.95. The van der Waals surface area contributed by atoms with Crippen molar-refractivity contribution >= 4 is 33.6 Å². The Labute approximate surface area is 138 Å². The predicted octanol–water partition coefficient (Wildman–Crippen LogP) is 3.21. The van der Waals surface area contributed by atoms with Crippen LogP contribution >= 0.6 is 11.3 Å². The molecule has 0 fully saturated rings. The lowest BCUT2D eigenvalue weighted by Crippen LogP contribution is -2.43. The van der Waals surface area contributed by atoms with E-state index in [-0.39, 0.29) is 6.42 Å². The third-order valence-electron chi connectivity index (χ3n) is 2.97. The number of nitrogens with zero attached hydrogens (tertiary/aromatic N) is 1. The monoisotopic (exact) mass is 336 g/mol. The summed E-state index contributed by atoms with van der Waals surface area (Å²) in [7, 11) is 0. The van der Waals surface area contributed by atoms with Crippen molar-refractivity contribution in [1.29, 1.82) is 0 Å². The molecule has 1 heterocycles. The van der Waals surface area contributed by atoms with E-state index in [0.29, 0.717) is 6.42 Å². The second-order valence-electron chi connectivity index (χ2n) is 6.15. The Kier molecular flexibility index (Phi) is 5.20. The molecule has 7 heteroatoms. The quantitative estimate of drug-likeness (QED) is 0.875. The molecule has 0 saturated heterocycles. The van der Waals surface area contributed by atoms with Crippen LogP contribution in [0, 0.1) is 0 Å². The maximum Gasteiger partial charge on any atom is 0.408 e. The number of rotatable bonds is 5. The highest BCUT2D eigenvalue weighted by Gasteiger charge is 2.24. The first-order chi connectivity index (χ1) is 10.7. The molecule has 1 aromatic carbocycles. The van der Waals surface area contributed by atoms with Gasteiger partial charge in [0.05, 0.1) is 15.2 Å². The van der Waals surface area contributed by atoms with Gasteiger partial charge in [0.2, 0.25) is 0 Å². The van der Waals surface area contributed by atoms with E-state index in [1.165, 1.54) is 11.3 Å². The topological polar surface area (TPSA) is 88.5 Å². The summed E-state index contributed by atoms with van der Waals surface area (Å²) in [5.74, 6) is -1.09. The minimum absolute atomic E-state index is 0.258. The third-order valence-corrected chi connectivity index (χ3v) is 4.07. The Balaban J connectivity index is 1.96. The zero-order valence-corrected chi connectivity index (χ0v) is 14.1. The Hall–Kier alpha value is -2.15. The number of para-hydroxylation sites is 1. The van der Waals surface area contributed by atoms with Crippen molar-refractivity contribution < 1.29 is 19.4 Å². The number of hydrogen-bond donors (Lipinski definition) is 2. The summed E-state index contributed by atoms with van der Waals surface area (Å²) >= 11 is 1.53. The number of aryl methyl sites for hydroxylation is 1. The first-order valence-corrected chi connectivity index (χ1v) is 8.13. The fourth-order valence-corrected chi connectivity index (χ4v) is 2.98. The minimum Gasteiger partial charge on any atom is -0.480 e. The maximum absolute atomic E-state index is 11.7. The van der Waals surface area contributed by atoms with Crippen LogP contribution in [0.25, 0.3) is 10.2 Å². The number of carboxylic acids is 1. The van der Waals surface area contributed by atoms with E-state index in [2.05, 4.69) is 10.3 Å². The number of fused-ring (bicyclic) bond motifs is 1. The van der Waals surface area contributed by atoms with Crippen LogP contribution in [0.5, 0.6) is 0 Å². The van der Waals surface area contributed by atoms with Crippen molar-refractivity contribution in [2.45, 2.75) is 45.3 Å². The lowest BCUT2D eigenvalue weighted by Gasteiger charge is -2.21. The van der Waals surface area contributed by atoms with Gasteiger partial charge in [0.25, 0.3) is 0 Å². The first kappa shape index (κ1) is 17.2. The van der Waals surface area contributed by atoms with Crippen molar-refractivity contribution in [2.75, 3.05) is 0 Å². The lowest BCUT2D eigenvalue weighted by molar-refractivity contribution is -0.139. The number of ether oxygens (including phenoxy) is 1. The van der Waals surface area contributed by atoms with Crippen LogP contribution in [0.4, 0.5) is 4.79 Å². The fourth-order valence-electron chi connectivity index (χ4n) is 2.00. The molecule has 0 saturated carbocycles. The summed E-state index contributed by atoms with van der Waals surface area (Å²) in [5, 5.41) is 12.5. The van der Waals surface area contributed by atoms with Gasteiger partial charge < -0.3 is 15.2 Å². The van der Waals surface area contributed by atoms with E-state index in [1.807, 2.05) is 24.3 Å². The summed E-state index contributed by atoms with van der Waals surface area (Å²) in [6.45, 7) is 5.18. The van der Waals surface area contributed by atoms with Gasteiger partial charge in [-0.15, -0.1) is 11.3 Å². The Morgan fingerprint density at radius 2 is 2.04 bits per heavy atom. The van der Waals surface area contributed by atoms with E-state index in [1.54, 1.807) is 20.8 Å². The average molecular weight is 336 g/mol. The first-order valence-electron chi connectivity index (χ1n) is 7.31. The largest absolute Gasteiger partial charge is 0.480 e. The van der Waals surface area contributed by atoms with Gasteiger partial charge in [0.15, 0.2) is 0 Å². The van der Waals surface area contributed by atoms with Gasteiger partial charge in [-0.25, -0.2) is 14.6 Å². The Morgan fingerprint density at radius 1 is 1.35 bits per heavy atom. The molecule has 0 unspecified atom stereocenters. The van der Waals surface area contributed by atoms with E-state index in [0.717, 1.165) is 15.2 Å². The highest BCUT2D eigenvalue weighted by molar-refractivity contribution is 7.18. The minimum atomic E-state index is -1.09. The van der Waals surface area contributed by atoms with E-state index in [9.17, 15) is 14.7 Å². The van der Waals surface area contributed by atoms with Crippen LogP contribution in [0.1, 0.15) is 32.2 Å². The van der Waals surface area contributed by atoms with Gasteiger partial charge in [-0.2, -0.15) is 0 Å². The summed E-state index contributed by atoms with van der Waals surface area (Å²) in [6.07, 6.45) is 0.00902. The van der Waals surface area contributed by atoms with Gasteiger partial charge in [-0.3, -0.25) is 0 Å². The smallest absolute Gasteiger partial charge is 0.408 e. The van der Waals surface area contributed by atoms with Crippen LogP contribution < -0.4 is 5.32 Å². The second-order valence-corrected chi connectivity index (χ2v) is 7.27. The van der Waals surface area contributed by atoms with Gasteiger partial charge in [-0.05, 0) is 39.3 Å². The van der Waals surface area contributed by atoms with Crippen LogP contribution in [-0.2, 0) is 16.0 Å². The van der Waals surface area contributed by atoms with Crippen LogP contribution in [-0.4, -0.2) is 33.8 Å². The maximum atomic E-state index is 11.7. The molecule has 1 amide bonds. The molecular formula is C16H20N2O4S. The SMILES string of the molecule is CC(C)(C)OC(=O)N[C@@H](CCc1nc2ccccc2s1)C(=O)O. The van der Waals surface area contributed by atoms with E-state index >= 15 is 0 Å². The van der Waals surface area contributed by atoms with Crippen LogP contribution in [0.2, 0.25) is 0 Å². The number of hydrogen-bond acceptors (Lipinski definition) is 5. The molecule has 1 aromatic heterocycles. The number of benzene rings is 1. The van der Waals surface area contributed by atoms with Gasteiger partial charge in [0.1, 0.15) is 11.6 Å². The molecule has 2 N–H and O–H groups in total. The van der Waals surface area contributed by atoms with Crippen molar-refractivity contribution in [1.82, 2.24) is 10.3 Å². The van der Waals surface area contributed by atoms with Crippen molar-refractivity contribution in [3.8, 4) is 0 Å². The highest BCUT2D eigenvalue weighted by Crippen LogP contribution is 2.22. The summed E-state index contributed by atoms with van der Waals surface area (Å²) in [6, 6.07) is 6.74. The summed E-state index contributed by atoms with van der Waals surface area (Å²) < 4.78 is 6.16.